The molecule has 1 aromatic rings. The Bertz CT molecular complexity index is 430. The molecular weight excluding hydrogens is 194 g/mol. The van der Waals surface area contributed by atoms with E-state index in [1.54, 1.807) is 0 Å². The van der Waals surface area contributed by atoms with Gasteiger partial charge in [-0.25, -0.2) is 4.79 Å². The van der Waals surface area contributed by atoms with E-state index in [1.165, 1.54) is 12.3 Å². The number of carboxylic acid groups (broad SMARTS) is 1. The van der Waals surface area contributed by atoms with Gasteiger partial charge in [-0.3, -0.25) is 4.79 Å². The summed E-state index contributed by atoms with van der Waals surface area (Å²) in [6.07, 6.45) is 5.49. The van der Waals surface area contributed by atoms with Crippen molar-refractivity contribution in [3.63, 3.8) is 0 Å². The third-order valence-electron chi connectivity index (χ3n) is 2.97. The van der Waals surface area contributed by atoms with Crippen LogP contribution in [0.2, 0.25) is 0 Å². The Morgan fingerprint density at radius 1 is 1.40 bits per heavy atom. The minimum absolute atomic E-state index is 0.146. The Morgan fingerprint density at radius 2 is 2.07 bits per heavy atom. The molecule has 2 rings (SSSR count). The number of carboxylic acids is 1. The highest BCUT2D eigenvalue weighted by molar-refractivity contribution is 5.87. The summed E-state index contributed by atoms with van der Waals surface area (Å²) in [6.45, 7) is 0. The van der Waals surface area contributed by atoms with Crippen molar-refractivity contribution in [2.24, 2.45) is 0 Å². The maximum Gasteiger partial charge on any atom is 0.337 e. The summed E-state index contributed by atoms with van der Waals surface area (Å²) in [5.74, 6) is -0.751. The van der Waals surface area contributed by atoms with Gasteiger partial charge in [-0.05, 0) is 24.8 Å². The van der Waals surface area contributed by atoms with Gasteiger partial charge in [-0.2, -0.15) is 0 Å². The number of aromatic carboxylic acids is 1. The molecule has 0 atom stereocenters. The van der Waals surface area contributed by atoms with Crippen LogP contribution in [-0.2, 0) is 0 Å². The summed E-state index contributed by atoms with van der Waals surface area (Å²) in [6, 6.07) is 1.51. The van der Waals surface area contributed by atoms with Gasteiger partial charge in [0.1, 0.15) is 0 Å². The second-order valence-electron chi connectivity index (χ2n) is 3.96. The molecule has 0 radical (unpaired) electrons. The number of hydrogen-bond acceptors (Lipinski definition) is 2. The Morgan fingerprint density at radius 3 is 2.67 bits per heavy atom. The van der Waals surface area contributed by atoms with Crippen molar-refractivity contribution in [1.82, 2.24) is 4.98 Å². The predicted molar refractivity (Wildman–Crippen MR) is 55.2 cm³/mol. The summed E-state index contributed by atoms with van der Waals surface area (Å²) < 4.78 is 0. The van der Waals surface area contributed by atoms with Crippen molar-refractivity contribution in [1.29, 1.82) is 0 Å². The Hall–Kier alpha value is -1.58. The molecule has 1 aliphatic rings. The van der Waals surface area contributed by atoms with Crippen LogP contribution < -0.4 is 5.56 Å². The molecule has 2 N–H and O–H groups in total. The van der Waals surface area contributed by atoms with Crippen LogP contribution in [0.1, 0.15) is 47.5 Å². The first kappa shape index (κ1) is 9.96. The van der Waals surface area contributed by atoms with E-state index in [4.69, 9.17) is 5.11 Å². The van der Waals surface area contributed by atoms with Crippen LogP contribution in [0.3, 0.4) is 0 Å². The first-order chi connectivity index (χ1) is 7.18. The number of H-pyrrole nitrogens is 1. The van der Waals surface area contributed by atoms with Crippen molar-refractivity contribution < 1.29 is 9.90 Å². The van der Waals surface area contributed by atoms with Gasteiger partial charge in [0, 0.05) is 11.8 Å². The van der Waals surface area contributed by atoms with Crippen molar-refractivity contribution in [3.05, 3.63) is 33.7 Å². The maximum absolute atomic E-state index is 11.5. The lowest BCUT2D eigenvalue weighted by Gasteiger charge is -2.08. The quantitative estimate of drug-likeness (QED) is 0.775. The third kappa shape index (κ3) is 1.93. The van der Waals surface area contributed by atoms with E-state index in [-0.39, 0.29) is 17.0 Å². The zero-order valence-corrected chi connectivity index (χ0v) is 8.32. The monoisotopic (exact) mass is 207 g/mol. The van der Waals surface area contributed by atoms with Gasteiger partial charge < -0.3 is 10.1 Å². The van der Waals surface area contributed by atoms with Crippen LogP contribution in [0.15, 0.2) is 17.1 Å². The molecule has 1 aliphatic carbocycles. The van der Waals surface area contributed by atoms with E-state index in [2.05, 4.69) is 4.98 Å². The van der Waals surface area contributed by atoms with Crippen molar-refractivity contribution in [2.75, 3.05) is 0 Å². The Kier molecular flexibility index (Phi) is 2.58. The molecule has 15 heavy (non-hydrogen) atoms. The second kappa shape index (κ2) is 3.88. The Balaban J connectivity index is 2.40. The van der Waals surface area contributed by atoms with Crippen LogP contribution in [0, 0.1) is 0 Å². The normalized spacial score (nSPS) is 16.8. The Labute approximate surface area is 87.0 Å². The molecule has 1 heterocycles. The van der Waals surface area contributed by atoms with E-state index < -0.39 is 5.97 Å². The highest BCUT2D eigenvalue weighted by Gasteiger charge is 2.20. The molecule has 1 saturated carbocycles. The molecule has 0 unspecified atom stereocenters. The van der Waals surface area contributed by atoms with Gasteiger partial charge >= 0.3 is 5.97 Å². The fourth-order valence-electron chi connectivity index (χ4n) is 2.16. The first-order valence-corrected chi connectivity index (χ1v) is 5.14. The minimum Gasteiger partial charge on any atom is -0.478 e. The molecule has 4 heteroatoms. The number of carbonyl (C=O) groups is 1. The summed E-state index contributed by atoms with van der Waals surface area (Å²) in [4.78, 5) is 24.8. The van der Waals surface area contributed by atoms with E-state index >= 15 is 0 Å². The molecule has 80 valence electrons. The SMILES string of the molecule is O=C(O)c1c[nH]c(=O)c(C2CCCC2)c1. The van der Waals surface area contributed by atoms with Crippen molar-refractivity contribution in [2.45, 2.75) is 31.6 Å². The second-order valence-corrected chi connectivity index (χ2v) is 3.96. The average molecular weight is 207 g/mol. The van der Waals surface area contributed by atoms with E-state index in [0.717, 1.165) is 25.7 Å². The van der Waals surface area contributed by atoms with Crippen molar-refractivity contribution in [3.8, 4) is 0 Å². The number of pyridine rings is 1. The molecule has 0 spiro atoms. The summed E-state index contributed by atoms with van der Waals surface area (Å²) >= 11 is 0. The molecule has 1 fully saturated rings. The topological polar surface area (TPSA) is 70.2 Å². The minimum atomic E-state index is -0.995. The van der Waals surface area contributed by atoms with Crippen molar-refractivity contribution >= 4 is 5.97 Å². The molecule has 0 amide bonds. The molecule has 0 aliphatic heterocycles. The molecular formula is C11H13NO3. The fraction of sp³-hybridized carbons (Fsp3) is 0.455. The van der Waals surface area contributed by atoms with Gasteiger partial charge in [0.15, 0.2) is 0 Å². The smallest absolute Gasteiger partial charge is 0.337 e. The van der Waals surface area contributed by atoms with Crippen LogP contribution in [-0.4, -0.2) is 16.1 Å². The van der Waals surface area contributed by atoms with Gasteiger partial charge in [0.2, 0.25) is 0 Å². The lowest BCUT2D eigenvalue weighted by atomic mass is 9.98. The molecule has 0 saturated heterocycles. The maximum atomic E-state index is 11.5. The third-order valence-corrected chi connectivity index (χ3v) is 2.97. The largest absolute Gasteiger partial charge is 0.478 e. The van der Waals surface area contributed by atoms with Crippen LogP contribution in [0.5, 0.6) is 0 Å². The number of aromatic amines is 1. The number of nitrogens with one attached hydrogen (secondary N) is 1. The number of aromatic nitrogens is 1. The standard InChI is InChI=1S/C11H13NO3/c13-10-9(7-3-1-2-4-7)5-8(6-12-10)11(14)15/h5-7H,1-4H2,(H,12,13)(H,14,15). The molecule has 4 nitrogen and oxygen atoms in total. The van der Waals surface area contributed by atoms with E-state index in [1.807, 2.05) is 0 Å². The molecule has 0 bridgehead atoms. The number of hydrogen-bond donors (Lipinski definition) is 2. The predicted octanol–water partition coefficient (Wildman–Crippen LogP) is 1.73. The van der Waals surface area contributed by atoms with Gasteiger partial charge in [0.25, 0.3) is 5.56 Å². The zero-order valence-electron chi connectivity index (χ0n) is 8.32. The fourth-order valence-corrected chi connectivity index (χ4v) is 2.16. The number of rotatable bonds is 2. The van der Waals surface area contributed by atoms with Gasteiger partial charge in [-0.1, -0.05) is 12.8 Å². The highest BCUT2D eigenvalue weighted by atomic mass is 16.4. The molecule has 0 aromatic carbocycles. The average Bonchev–Trinajstić information content (AvgIpc) is 2.71. The van der Waals surface area contributed by atoms with Gasteiger partial charge in [-0.15, -0.1) is 0 Å². The zero-order chi connectivity index (χ0) is 10.8. The van der Waals surface area contributed by atoms with Crippen LogP contribution in [0.4, 0.5) is 0 Å². The van der Waals surface area contributed by atoms with Crippen LogP contribution in [0.25, 0.3) is 0 Å². The summed E-state index contributed by atoms with van der Waals surface area (Å²) in [7, 11) is 0. The summed E-state index contributed by atoms with van der Waals surface area (Å²) in [5, 5.41) is 8.82. The summed E-state index contributed by atoms with van der Waals surface area (Å²) in [5.41, 5.74) is 0.649. The van der Waals surface area contributed by atoms with E-state index in [9.17, 15) is 9.59 Å². The lowest BCUT2D eigenvalue weighted by Crippen LogP contribution is -2.16. The highest BCUT2D eigenvalue weighted by Crippen LogP contribution is 2.32. The van der Waals surface area contributed by atoms with Crippen LogP contribution >= 0.6 is 0 Å². The molecule has 1 aromatic heterocycles. The van der Waals surface area contributed by atoms with E-state index in [0.29, 0.717) is 5.56 Å². The first-order valence-electron chi connectivity index (χ1n) is 5.14. The van der Waals surface area contributed by atoms with Gasteiger partial charge in [0.05, 0.1) is 5.56 Å². The lowest BCUT2D eigenvalue weighted by molar-refractivity contribution is 0.0696.